The third-order valence-electron chi connectivity index (χ3n) is 5.08. The number of aliphatic imine (C=N–C) groups is 1. The third kappa shape index (κ3) is 3.43. The lowest BCUT2D eigenvalue weighted by Gasteiger charge is -2.34. The molecule has 2 aromatic rings. The fourth-order valence-electron chi connectivity index (χ4n) is 3.47. The summed E-state index contributed by atoms with van der Waals surface area (Å²) in [5.74, 6) is 0.296. The number of halogens is 2. The van der Waals surface area contributed by atoms with Crippen LogP contribution in [0.15, 0.2) is 58.4 Å². The van der Waals surface area contributed by atoms with E-state index in [1.54, 1.807) is 36.4 Å². The van der Waals surface area contributed by atoms with Gasteiger partial charge in [-0.25, -0.2) is 8.42 Å². The summed E-state index contributed by atoms with van der Waals surface area (Å²) in [5, 5.41) is 3.79. The number of sulfonamides is 1. The highest BCUT2D eigenvalue weighted by atomic mass is 35.5. The highest BCUT2D eigenvalue weighted by Gasteiger charge is 2.47. The van der Waals surface area contributed by atoms with E-state index in [2.05, 4.69) is 10.3 Å². The molecule has 1 spiro atoms. The minimum absolute atomic E-state index is 0.150. The van der Waals surface area contributed by atoms with Gasteiger partial charge in [0.15, 0.2) is 0 Å². The standard InChI is InChI=1S/C19H17Cl2N3O3S/c20-14-6-4-13(5-7-14)17-22-18(25)19(23-17)8-10-24(11-9-19)28(26,27)16-3-1-2-15(21)12-16/h1-7,12H,8-11H2,(H,22,23,25). The summed E-state index contributed by atoms with van der Waals surface area (Å²) in [4.78, 5) is 17.4. The number of benzene rings is 2. The van der Waals surface area contributed by atoms with Gasteiger partial charge in [-0.2, -0.15) is 4.31 Å². The minimum atomic E-state index is -3.66. The van der Waals surface area contributed by atoms with Crippen molar-refractivity contribution in [1.82, 2.24) is 9.62 Å². The van der Waals surface area contributed by atoms with Crippen LogP contribution in [0.3, 0.4) is 0 Å². The fraction of sp³-hybridized carbons (Fsp3) is 0.263. The Labute approximate surface area is 173 Å². The molecule has 0 atom stereocenters. The predicted molar refractivity (Wildman–Crippen MR) is 108 cm³/mol. The van der Waals surface area contributed by atoms with E-state index in [4.69, 9.17) is 23.2 Å². The first-order valence-corrected chi connectivity index (χ1v) is 10.9. The highest BCUT2D eigenvalue weighted by Crippen LogP contribution is 2.33. The quantitative estimate of drug-likeness (QED) is 0.800. The molecule has 1 fully saturated rings. The number of amides is 1. The van der Waals surface area contributed by atoms with Gasteiger partial charge >= 0.3 is 0 Å². The van der Waals surface area contributed by atoms with Crippen LogP contribution >= 0.6 is 23.2 Å². The Kier molecular flexibility index (Phi) is 4.95. The molecule has 4 rings (SSSR count). The second-order valence-electron chi connectivity index (χ2n) is 6.81. The Balaban J connectivity index is 1.54. The second kappa shape index (κ2) is 7.15. The van der Waals surface area contributed by atoms with Crippen LogP contribution < -0.4 is 5.32 Å². The SMILES string of the molecule is O=C1NC(c2ccc(Cl)cc2)=NC12CCN(S(=O)(=O)c1cccc(Cl)c1)CC2. The molecular weight excluding hydrogens is 421 g/mol. The van der Waals surface area contributed by atoms with E-state index in [0.717, 1.165) is 5.56 Å². The predicted octanol–water partition coefficient (Wildman–Crippen LogP) is 3.09. The van der Waals surface area contributed by atoms with E-state index in [9.17, 15) is 13.2 Å². The number of carbonyl (C=O) groups excluding carboxylic acids is 1. The Morgan fingerprint density at radius 1 is 1.00 bits per heavy atom. The fourth-order valence-corrected chi connectivity index (χ4v) is 5.34. The van der Waals surface area contributed by atoms with Gasteiger partial charge in [-0.1, -0.05) is 29.3 Å². The van der Waals surface area contributed by atoms with Crippen molar-refractivity contribution in [2.45, 2.75) is 23.3 Å². The lowest BCUT2D eigenvalue weighted by Crippen LogP contribution is -2.50. The molecule has 0 bridgehead atoms. The topological polar surface area (TPSA) is 78.8 Å². The van der Waals surface area contributed by atoms with Crippen LogP contribution in [0.1, 0.15) is 18.4 Å². The lowest BCUT2D eigenvalue weighted by atomic mass is 9.89. The van der Waals surface area contributed by atoms with Crippen molar-refractivity contribution in [2.24, 2.45) is 4.99 Å². The zero-order valence-corrected chi connectivity index (χ0v) is 17.1. The maximum absolute atomic E-state index is 12.9. The molecule has 0 saturated carbocycles. The number of nitrogens with one attached hydrogen (secondary N) is 1. The van der Waals surface area contributed by atoms with Gasteiger partial charge in [0.2, 0.25) is 10.0 Å². The average Bonchev–Trinajstić information content (AvgIpc) is 2.99. The van der Waals surface area contributed by atoms with Crippen molar-refractivity contribution < 1.29 is 13.2 Å². The van der Waals surface area contributed by atoms with Gasteiger partial charge in [0, 0.05) is 28.7 Å². The molecule has 1 N–H and O–H groups in total. The summed E-state index contributed by atoms with van der Waals surface area (Å²) in [6, 6.07) is 13.2. The monoisotopic (exact) mass is 437 g/mol. The summed E-state index contributed by atoms with van der Waals surface area (Å²) in [5.41, 5.74) is -0.168. The smallest absolute Gasteiger partial charge is 0.253 e. The molecule has 0 radical (unpaired) electrons. The molecule has 2 aliphatic rings. The van der Waals surface area contributed by atoms with Gasteiger partial charge in [0.1, 0.15) is 11.4 Å². The molecule has 28 heavy (non-hydrogen) atoms. The molecule has 1 amide bonds. The van der Waals surface area contributed by atoms with Crippen molar-refractivity contribution in [3.8, 4) is 0 Å². The normalized spacial score (nSPS) is 19.5. The number of rotatable bonds is 3. The average molecular weight is 438 g/mol. The first-order chi connectivity index (χ1) is 13.3. The van der Waals surface area contributed by atoms with E-state index >= 15 is 0 Å². The Morgan fingerprint density at radius 3 is 2.32 bits per heavy atom. The number of hydrogen-bond donors (Lipinski definition) is 1. The zero-order valence-electron chi connectivity index (χ0n) is 14.7. The summed E-state index contributed by atoms with van der Waals surface area (Å²) >= 11 is 11.8. The molecule has 0 unspecified atom stereocenters. The van der Waals surface area contributed by atoms with Gasteiger partial charge in [0.25, 0.3) is 5.91 Å². The molecule has 2 aromatic carbocycles. The lowest BCUT2D eigenvalue weighted by molar-refractivity contribution is -0.124. The molecule has 146 valence electrons. The van der Waals surface area contributed by atoms with Crippen molar-refractivity contribution >= 4 is 45.0 Å². The molecular formula is C19H17Cl2N3O3S. The van der Waals surface area contributed by atoms with Crippen LogP contribution in [0.2, 0.25) is 10.0 Å². The molecule has 9 heteroatoms. The molecule has 2 heterocycles. The van der Waals surface area contributed by atoms with Gasteiger partial charge in [0.05, 0.1) is 4.90 Å². The minimum Gasteiger partial charge on any atom is -0.308 e. The van der Waals surface area contributed by atoms with Crippen LogP contribution in [-0.2, 0) is 14.8 Å². The first kappa shape index (κ1) is 19.4. The highest BCUT2D eigenvalue weighted by molar-refractivity contribution is 7.89. The Bertz CT molecular complexity index is 1060. The van der Waals surface area contributed by atoms with Crippen LogP contribution in [0.25, 0.3) is 0 Å². The molecule has 1 saturated heterocycles. The summed E-state index contributed by atoms with van der Waals surface area (Å²) in [7, 11) is -3.66. The number of piperidine rings is 1. The molecule has 6 nitrogen and oxygen atoms in total. The number of hydrogen-bond acceptors (Lipinski definition) is 4. The van der Waals surface area contributed by atoms with Crippen LogP contribution in [0.5, 0.6) is 0 Å². The van der Waals surface area contributed by atoms with E-state index in [-0.39, 0.29) is 23.9 Å². The van der Waals surface area contributed by atoms with Crippen LogP contribution in [0.4, 0.5) is 0 Å². The molecule has 0 aliphatic carbocycles. The van der Waals surface area contributed by atoms with E-state index in [1.165, 1.54) is 16.4 Å². The molecule has 2 aliphatic heterocycles. The van der Waals surface area contributed by atoms with Gasteiger partial charge in [-0.15, -0.1) is 0 Å². The number of amidine groups is 1. The summed E-state index contributed by atoms with van der Waals surface area (Å²) < 4.78 is 27.1. The van der Waals surface area contributed by atoms with Crippen molar-refractivity contribution in [1.29, 1.82) is 0 Å². The van der Waals surface area contributed by atoms with E-state index in [1.807, 2.05) is 0 Å². The summed E-state index contributed by atoms with van der Waals surface area (Å²) in [6.45, 7) is 0.416. The Morgan fingerprint density at radius 2 is 1.68 bits per heavy atom. The second-order valence-corrected chi connectivity index (χ2v) is 9.63. The van der Waals surface area contributed by atoms with Gasteiger partial charge in [-0.3, -0.25) is 9.79 Å². The van der Waals surface area contributed by atoms with Crippen molar-refractivity contribution in [2.75, 3.05) is 13.1 Å². The van der Waals surface area contributed by atoms with Crippen LogP contribution in [0, 0.1) is 0 Å². The maximum atomic E-state index is 12.9. The number of nitrogens with zero attached hydrogens (tertiary/aromatic N) is 2. The molecule has 0 aromatic heterocycles. The van der Waals surface area contributed by atoms with Crippen LogP contribution in [-0.4, -0.2) is 43.1 Å². The zero-order chi connectivity index (χ0) is 19.9. The van der Waals surface area contributed by atoms with Gasteiger partial charge < -0.3 is 5.32 Å². The van der Waals surface area contributed by atoms with Crippen molar-refractivity contribution in [3.05, 3.63) is 64.1 Å². The Hall–Kier alpha value is -1.93. The number of carbonyl (C=O) groups is 1. The third-order valence-corrected chi connectivity index (χ3v) is 7.46. The largest absolute Gasteiger partial charge is 0.308 e. The van der Waals surface area contributed by atoms with E-state index in [0.29, 0.717) is 28.7 Å². The van der Waals surface area contributed by atoms with Gasteiger partial charge in [-0.05, 0) is 55.3 Å². The summed E-state index contributed by atoms with van der Waals surface area (Å²) in [6.07, 6.45) is 0.630. The first-order valence-electron chi connectivity index (χ1n) is 8.73. The maximum Gasteiger partial charge on any atom is 0.253 e. The van der Waals surface area contributed by atoms with E-state index < -0.39 is 15.6 Å². The van der Waals surface area contributed by atoms with Crippen molar-refractivity contribution in [3.63, 3.8) is 0 Å².